The van der Waals surface area contributed by atoms with Crippen molar-refractivity contribution >= 4 is 27.6 Å². The van der Waals surface area contributed by atoms with Crippen molar-refractivity contribution < 1.29 is 22.7 Å². The number of esters is 1. The van der Waals surface area contributed by atoms with E-state index in [-0.39, 0.29) is 29.0 Å². The minimum atomic E-state index is -3.87. The maximum atomic E-state index is 13.0. The van der Waals surface area contributed by atoms with E-state index in [0.717, 1.165) is 12.8 Å². The summed E-state index contributed by atoms with van der Waals surface area (Å²) in [6.45, 7) is 1.54. The molecule has 1 aliphatic heterocycles. The maximum Gasteiger partial charge on any atom is 0.304 e. The van der Waals surface area contributed by atoms with Crippen LogP contribution in [0.1, 0.15) is 32.6 Å². The number of nitrogens with one attached hydrogen (secondary N) is 1. The van der Waals surface area contributed by atoms with Gasteiger partial charge in [0.2, 0.25) is 15.9 Å². The van der Waals surface area contributed by atoms with Crippen LogP contribution < -0.4 is 5.32 Å². The Balaban J connectivity index is 1.89. The van der Waals surface area contributed by atoms with E-state index in [4.69, 9.17) is 4.74 Å². The van der Waals surface area contributed by atoms with Crippen LogP contribution >= 0.6 is 0 Å². The van der Waals surface area contributed by atoms with Crippen molar-refractivity contribution in [2.24, 2.45) is 5.92 Å². The first-order valence-electron chi connectivity index (χ1n) is 7.98. The van der Waals surface area contributed by atoms with Gasteiger partial charge in [0.05, 0.1) is 5.69 Å². The number of sulfonamides is 1. The van der Waals surface area contributed by atoms with Crippen molar-refractivity contribution in [3.05, 3.63) is 24.3 Å². The van der Waals surface area contributed by atoms with Crippen molar-refractivity contribution in [2.45, 2.75) is 43.7 Å². The van der Waals surface area contributed by atoms with Gasteiger partial charge in [0.1, 0.15) is 4.90 Å². The molecule has 24 heavy (non-hydrogen) atoms. The molecule has 1 saturated carbocycles. The van der Waals surface area contributed by atoms with E-state index in [0.29, 0.717) is 12.8 Å². The molecule has 2 fully saturated rings. The number of ether oxygens (including phenoxy) is 1. The Morgan fingerprint density at radius 3 is 2.58 bits per heavy atom. The summed E-state index contributed by atoms with van der Waals surface area (Å²) in [5, 5.41) is 2.71. The van der Waals surface area contributed by atoms with Gasteiger partial charge in [0.15, 0.2) is 6.23 Å². The molecular formula is C16H20N2O5S. The largest absolute Gasteiger partial charge is 0.445 e. The number of benzene rings is 1. The molecule has 1 saturated heterocycles. The topological polar surface area (TPSA) is 92.8 Å². The van der Waals surface area contributed by atoms with Gasteiger partial charge in [-0.2, -0.15) is 4.31 Å². The third-order valence-electron chi connectivity index (χ3n) is 4.13. The summed E-state index contributed by atoms with van der Waals surface area (Å²) in [6, 6.07) is 6.32. The average Bonchev–Trinajstić information content (AvgIpc) is 3.27. The van der Waals surface area contributed by atoms with Gasteiger partial charge in [-0.05, 0) is 31.4 Å². The van der Waals surface area contributed by atoms with Gasteiger partial charge in [-0.3, -0.25) is 9.59 Å². The highest BCUT2D eigenvalue weighted by atomic mass is 32.2. The molecule has 0 bridgehead atoms. The summed E-state index contributed by atoms with van der Waals surface area (Å²) in [4.78, 5) is 23.2. The summed E-state index contributed by atoms with van der Waals surface area (Å²) in [5.74, 6) is -0.700. The fourth-order valence-electron chi connectivity index (χ4n) is 2.80. The quantitative estimate of drug-likeness (QED) is 0.814. The predicted octanol–water partition coefficient (Wildman–Crippen LogP) is 1.71. The fraction of sp³-hybridized carbons (Fsp3) is 0.500. The normalized spacial score (nSPS) is 21.5. The van der Waals surface area contributed by atoms with Gasteiger partial charge in [0, 0.05) is 25.8 Å². The first-order valence-corrected chi connectivity index (χ1v) is 9.42. The van der Waals surface area contributed by atoms with Gasteiger partial charge in [0.25, 0.3) is 0 Å². The van der Waals surface area contributed by atoms with E-state index in [2.05, 4.69) is 5.32 Å². The van der Waals surface area contributed by atoms with Gasteiger partial charge in [-0.25, -0.2) is 8.42 Å². The summed E-state index contributed by atoms with van der Waals surface area (Å²) >= 11 is 0. The second kappa shape index (κ2) is 6.52. The lowest BCUT2D eigenvalue weighted by Gasteiger charge is -2.24. The molecule has 130 valence electrons. The molecule has 1 N–H and O–H groups in total. The maximum absolute atomic E-state index is 13.0. The van der Waals surface area contributed by atoms with Crippen LogP contribution in [0, 0.1) is 5.92 Å². The van der Waals surface area contributed by atoms with Gasteiger partial charge in [-0.15, -0.1) is 0 Å². The van der Waals surface area contributed by atoms with Crippen molar-refractivity contribution in [2.75, 3.05) is 11.9 Å². The lowest BCUT2D eigenvalue weighted by Crippen LogP contribution is -2.38. The second-order valence-electron chi connectivity index (χ2n) is 6.08. The molecule has 0 unspecified atom stereocenters. The molecule has 3 rings (SSSR count). The molecule has 1 heterocycles. The molecular weight excluding hydrogens is 332 g/mol. The summed E-state index contributed by atoms with van der Waals surface area (Å²) < 4.78 is 32.3. The highest BCUT2D eigenvalue weighted by Gasteiger charge is 2.39. The number of amides is 1. The number of hydrogen-bond donors (Lipinski definition) is 1. The van der Waals surface area contributed by atoms with Crippen LogP contribution in [-0.4, -0.2) is 37.4 Å². The molecule has 8 heteroatoms. The highest BCUT2D eigenvalue weighted by Crippen LogP contribution is 2.33. The molecule has 1 aromatic rings. The van der Waals surface area contributed by atoms with Crippen molar-refractivity contribution in [3.63, 3.8) is 0 Å². The van der Waals surface area contributed by atoms with E-state index < -0.39 is 22.2 Å². The Kier molecular flexibility index (Phi) is 4.60. The zero-order valence-electron chi connectivity index (χ0n) is 13.4. The van der Waals surface area contributed by atoms with Crippen LogP contribution in [0.15, 0.2) is 29.2 Å². The van der Waals surface area contributed by atoms with E-state index in [1.807, 2.05) is 0 Å². The third kappa shape index (κ3) is 3.44. The molecule has 1 amide bonds. The van der Waals surface area contributed by atoms with Crippen molar-refractivity contribution in [1.82, 2.24) is 4.31 Å². The molecule has 0 aromatic heterocycles. The Labute approximate surface area is 141 Å². The van der Waals surface area contributed by atoms with Crippen LogP contribution in [0.4, 0.5) is 5.69 Å². The van der Waals surface area contributed by atoms with Crippen LogP contribution in [-0.2, 0) is 24.3 Å². The number of nitrogens with zero attached hydrogens (tertiary/aromatic N) is 1. The Bertz CT molecular complexity index is 757. The van der Waals surface area contributed by atoms with E-state index in [1.54, 1.807) is 18.2 Å². The van der Waals surface area contributed by atoms with Crippen LogP contribution in [0.2, 0.25) is 0 Å². The lowest BCUT2D eigenvalue weighted by molar-refractivity contribution is -0.150. The van der Waals surface area contributed by atoms with Gasteiger partial charge >= 0.3 is 5.97 Å². The smallest absolute Gasteiger partial charge is 0.304 e. The average molecular weight is 352 g/mol. The number of para-hydroxylation sites is 1. The third-order valence-corrected chi connectivity index (χ3v) is 6.08. The van der Waals surface area contributed by atoms with Crippen molar-refractivity contribution in [1.29, 1.82) is 0 Å². The van der Waals surface area contributed by atoms with Crippen LogP contribution in [0.25, 0.3) is 0 Å². The zero-order chi connectivity index (χ0) is 17.3. The van der Waals surface area contributed by atoms with Gasteiger partial charge < -0.3 is 10.1 Å². The highest BCUT2D eigenvalue weighted by molar-refractivity contribution is 7.89. The molecule has 7 nitrogen and oxygen atoms in total. The van der Waals surface area contributed by atoms with Crippen molar-refractivity contribution in [3.8, 4) is 0 Å². The monoisotopic (exact) mass is 352 g/mol. The second-order valence-corrected chi connectivity index (χ2v) is 7.94. The number of rotatable bonds is 5. The predicted molar refractivity (Wildman–Crippen MR) is 86.5 cm³/mol. The SMILES string of the molecule is CC(=O)O[C@H]1CCCN1S(=O)(=O)c1ccccc1NC(=O)C1CC1. The molecule has 1 atom stereocenters. The van der Waals surface area contributed by atoms with E-state index in [9.17, 15) is 18.0 Å². The fourth-order valence-corrected chi connectivity index (χ4v) is 4.52. The van der Waals surface area contributed by atoms with Crippen LogP contribution in [0.3, 0.4) is 0 Å². The Hall–Kier alpha value is -1.93. The molecule has 0 spiro atoms. The number of anilines is 1. The zero-order valence-corrected chi connectivity index (χ0v) is 14.2. The Morgan fingerprint density at radius 1 is 1.21 bits per heavy atom. The number of carbonyl (C=O) groups is 2. The number of hydrogen-bond acceptors (Lipinski definition) is 5. The lowest BCUT2D eigenvalue weighted by atomic mass is 10.3. The first-order chi connectivity index (χ1) is 11.4. The van der Waals surface area contributed by atoms with E-state index in [1.165, 1.54) is 17.3 Å². The summed E-state index contributed by atoms with van der Waals surface area (Å²) in [6.07, 6.45) is 1.96. The van der Waals surface area contributed by atoms with Crippen LogP contribution in [0.5, 0.6) is 0 Å². The first kappa shape index (κ1) is 16.9. The summed E-state index contributed by atoms with van der Waals surface area (Å²) in [5.41, 5.74) is 0.267. The summed E-state index contributed by atoms with van der Waals surface area (Å²) in [7, 11) is -3.87. The minimum Gasteiger partial charge on any atom is -0.445 e. The van der Waals surface area contributed by atoms with E-state index >= 15 is 0 Å². The molecule has 0 radical (unpaired) electrons. The standard InChI is InChI=1S/C16H20N2O5S/c1-11(19)23-15-7-4-10-18(15)24(21,22)14-6-3-2-5-13(14)17-16(20)12-8-9-12/h2-3,5-6,12,15H,4,7-10H2,1H3,(H,17,20)/t15-/m0/s1. The molecule has 1 aromatic carbocycles. The molecule has 2 aliphatic rings. The van der Waals surface area contributed by atoms with Gasteiger partial charge in [-0.1, -0.05) is 12.1 Å². The molecule has 1 aliphatic carbocycles. The number of carbonyl (C=O) groups excluding carboxylic acids is 2. The minimum absolute atomic E-state index is 0.0260. The Morgan fingerprint density at radius 2 is 1.92 bits per heavy atom.